The molecule has 0 aromatic heterocycles. The van der Waals surface area contributed by atoms with Gasteiger partial charge in [-0.3, -0.25) is 9.69 Å². The molecule has 3 rings (SSSR count). The van der Waals surface area contributed by atoms with Crippen LogP contribution in [0.4, 0.5) is 8.78 Å². The van der Waals surface area contributed by atoms with E-state index in [-0.39, 0.29) is 18.7 Å². The summed E-state index contributed by atoms with van der Waals surface area (Å²) in [6.07, 6.45) is 1.87. The molecule has 0 saturated carbocycles. The van der Waals surface area contributed by atoms with E-state index in [9.17, 15) is 18.7 Å². The Kier molecular flexibility index (Phi) is 5.66. The molecule has 25 heavy (non-hydrogen) atoms. The highest BCUT2D eigenvalue weighted by Gasteiger charge is 2.43. The highest BCUT2D eigenvalue weighted by atomic mass is 19.2. The van der Waals surface area contributed by atoms with Crippen molar-refractivity contribution in [1.29, 1.82) is 0 Å². The Labute approximate surface area is 146 Å². The maximum absolute atomic E-state index is 13.9. The SMILES string of the molecule is O=C1N(Cc2cccc(F)c2F)CCCC1(O)CN1CCCOCC1. The number of carbonyl (C=O) groups is 1. The molecule has 0 spiro atoms. The molecule has 1 aromatic carbocycles. The number of halogens is 2. The number of hydrogen-bond acceptors (Lipinski definition) is 4. The van der Waals surface area contributed by atoms with E-state index < -0.39 is 23.1 Å². The van der Waals surface area contributed by atoms with E-state index in [4.69, 9.17) is 4.74 Å². The summed E-state index contributed by atoms with van der Waals surface area (Å²) in [5, 5.41) is 10.9. The Morgan fingerprint density at radius 1 is 1.16 bits per heavy atom. The molecule has 2 heterocycles. The minimum Gasteiger partial charge on any atom is -0.380 e. The highest BCUT2D eigenvalue weighted by molar-refractivity contribution is 5.86. The van der Waals surface area contributed by atoms with Crippen LogP contribution >= 0.6 is 0 Å². The molecule has 0 aliphatic carbocycles. The van der Waals surface area contributed by atoms with Crippen LogP contribution in [0.3, 0.4) is 0 Å². The zero-order chi connectivity index (χ0) is 17.9. The predicted molar refractivity (Wildman–Crippen MR) is 87.8 cm³/mol. The second kappa shape index (κ2) is 7.76. The zero-order valence-corrected chi connectivity index (χ0v) is 14.2. The molecule has 2 saturated heterocycles. The molecule has 5 nitrogen and oxygen atoms in total. The summed E-state index contributed by atoms with van der Waals surface area (Å²) in [5.74, 6) is -2.27. The van der Waals surface area contributed by atoms with Gasteiger partial charge in [-0.1, -0.05) is 12.1 Å². The van der Waals surface area contributed by atoms with Gasteiger partial charge in [0.15, 0.2) is 17.2 Å². The number of benzene rings is 1. The first-order valence-corrected chi connectivity index (χ1v) is 8.74. The molecule has 1 N–H and O–H groups in total. The van der Waals surface area contributed by atoms with Crippen molar-refractivity contribution in [2.24, 2.45) is 0 Å². The van der Waals surface area contributed by atoms with E-state index in [2.05, 4.69) is 0 Å². The molecule has 138 valence electrons. The summed E-state index contributed by atoms with van der Waals surface area (Å²) in [7, 11) is 0. The van der Waals surface area contributed by atoms with Crippen LogP contribution in [0.1, 0.15) is 24.8 Å². The second-order valence-electron chi connectivity index (χ2n) is 6.82. The Bertz CT molecular complexity index is 620. The van der Waals surface area contributed by atoms with Crippen LogP contribution < -0.4 is 0 Å². The lowest BCUT2D eigenvalue weighted by molar-refractivity contribution is -0.160. The fourth-order valence-corrected chi connectivity index (χ4v) is 3.56. The smallest absolute Gasteiger partial charge is 0.256 e. The molecule has 1 amide bonds. The summed E-state index contributed by atoms with van der Waals surface area (Å²) in [4.78, 5) is 16.3. The fourth-order valence-electron chi connectivity index (χ4n) is 3.56. The summed E-state index contributed by atoms with van der Waals surface area (Å²) >= 11 is 0. The normalized spacial score (nSPS) is 25.9. The van der Waals surface area contributed by atoms with Crippen LogP contribution in [0.25, 0.3) is 0 Å². The van der Waals surface area contributed by atoms with Gasteiger partial charge in [0, 0.05) is 44.9 Å². The number of ether oxygens (including phenoxy) is 1. The standard InChI is InChI=1S/C18H24F2N2O3/c19-15-5-1-4-14(16(15)20)12-22-8-2-6-18(24,17(22)23)13-21-7-3-10-25-11-9-21/h1,4-5,24H,2-3,6-13H2. The van der Waals surface area contributed by atoms with Crippen LogP contribution in [0.15, 0.2) is 18.2 Å². The topological polar surface area (TPSA) is 53.0 Å². The highest BCUT2D eigenvalue weighted by Crippen LogP contribution is 2.26. The lowest BCUT2D eigenvalue weighted by Gasteiger charge is -2.40. The van der Waals surface area contributed by atoms with Crippen LogP contribution in [0.5, 0.6) is 0 Å². The first-order chi connectivity index (χ1) is 12.0. The van der Waals surface area contributed by atoms with Gasteiger partial charge in [-0.2, -0.15) is 0 Å². The van der Waals surface area contributed by atoms with Gasteiger partial charge in [0.2, 0.25) is 0 Å². The molecule has 2 aliphatic rings. The number of amides is 1. The Hall–Kier alpha value is -1.57. The van der Waals surface area contributed by atoms with Crippen LogP contribution in [0, 0.1) is 11.6 Å². The molecular formula is C18H24F2N2O3. The lowest BCUT2D eigenvalue weighted by atomic mass is 9.90. The number of piperidine rings is 1. The van der Waals surface area contributed by atoms with Crippen LogP contribution in [0.2, 0.25) is 0 Å². The molecule has 2 fully saturated rings. The average Bonchev–Trinajstić information content (AvgIpc) is 2.85. The van der Waals surface area contributed by atoms with Gasteiger partial charge < -0.3 is 14.7 Å². The van der Waals surface area contributed by atoms with Crippen molar-refractivity contribution in [2.75, 3.05) is 39.4 Å². The molecule has 0 bridgehead atoms. The van der Waals surface area contributed by atoms with Crippen molar-refractivity contribution in [3.05, 3.63) is 35.4 Å². The Balaban J connectivity index is 1.70. The van der Waals surface area contributed by atoms with Gasteiger partial charge >= 0.3 is 0 Å². The van der Waals surface area contributed by atoms with E-state index in [1.807, 2.05) is 4.90 Å². The van der Waals surface area contributed by atoms with Gasteiger partial charge in [-0.25, -0.2) is 8.78 Å². The molecule has 7 heteroatoms. The third-order valence-corrected chi connectivity index (χ3v) is 4.90. The quantitative estimate of drug-likeness (QED) is 0.891. The maximum Gasteiger partial charge on any atom is 0.256 e. The number of nitrogens with zero attached hydrogens (tertiary/aromatic N) is 2. The van der Waals surface area contributed by atoms with E-state index in [1.165, 1.54) is 17.0 Å². The van der Waals surface area contributed by atoms with Crippen molar-refractivity contribution >= 4 is 5.91 Å². The van der Waals surface area contributed by atoms with Gasteiger partial charge in [-0.05, 0) is 25.3 Å². The molecule has 2 aliphatic heterocycles. The Morgan fingerprint density at radius 2 is 2.00 bits per heavy atom. The third kappa shape index (κ3) is 4.16. The molecule has 0 radical (unpaired) electrons. The van der Waals surface area contributed by atoms with Crippen molar-refractivity contribution in [1.82, 2.24) is 9.80 Å². The minimum absolute atomic E-state index is 0.0339. The summed E-state index contributed by atoms with van der Waals surface area (Å²) < 4.78 is 32.7. The largest absolute Gasteiger partial charge is 0.380 e. The number of carbonyl (C=O) groups excluding carboxylic acids is 1. The lowest BCUT2D eigenvalue weighted by Crippen LogP contribution is -2.58. The number of rotatable bonds is 4. The summed E-state index contributed by atoms with van der Waals surface area (Å²) in [5.41, 5.74) is -1.35. The van der Waals surface area contributed by atoms with Crippen molar-refractivity contribution < 1.29 is 23.4 Å². The summed E-state index contributed by atoms with van der Waals surface area (Å²) in [6.45, 7) is 3.37. The molecule has 1 aromatic rings. The van der Waals surface area contributed by atoms with Gasteiger partial charge in [-0.15, -0.1) is 0 Å². The molecule has 1 unspecified atom stereocenters. The van der Waals surface area contributed by atoms with E-state index in [1.54, 1.807) is 0 Å². The van der Waals surface area contributed by atoms with Crippen molar-refractivity contribution in [3.8, 4) is 0 Å². The van der Waals surface area contributed by atoms with Crippen LogP contribution in [-0.4, -0.2) is 65.8 Å². The van der Waals surface area contributed by atoms with E-state index in [0.29, 0.717) is 39.1 Å². The first kappa shape index (κ1) is 18.2. The third-order valence-electron chi connectivity index (χ3n) is 4.90. The number of aliphatic hydroxyl groups is 1. The maximum atomic E-state index is 13.9. The van der Waals surface area contributed by atoms with Crippen molar-refractivity contribution in [3.63, 3.8) is 0 Å². The summed E-state index contributed by atoms with van der Waals surface area (Å²) in [6, 6.07) is 3.94. The van der Waals surface area contributed by atoms with Gasteiger partial charge in [0.25, 0.3) is 5.91 Å². The van der Waals surface area contributed by atoms with Crippen LogP contribution in [-0.2, 0) is 16.1 Å². The monoisotopic (exact) mass is 354 g/mol. The number of hydrogen-bond donors (Lipinski definition) is 1. The first-order valence-electron chi connectivity index (χ1n) is 8.74. The van der Waals surface area contributed by atoms with Crippen molar-refractivity contribution in [2.45, 2.75) is 31.4 Å². The average molecular weight is 354 g/mol. The number of likely N-dealkylation sites (tertiary alicyclic amines) is 1. The molecular weight excluding hydrogens is 330 g/mol. The molecule has 1 atom stereocenters. The van der Waals surface area contributed by atoms with E-state index in [0.717, 1.165) is 19.0 Å². The second-order valence-corrected chi connectivity index (χ2v) is 6.82. The minimum atomic E-state index is -1.48. The van der Waals surface area contributed by atoms with E-state index >= 15 is 0 Å². The van der Waals surface area contributed by atoms with Gasteiger partial charge in [0.1, 0.15) is 0 Å². The zero-order valence-electron chi connectivity index (χ0n) is 14.2. The Morgan fingerprint density at radius 3 is 2.84 bits per heavy atom. The predicted octanol–water partition coefficient (Wildman–Crippen LogP) is 1.54. The number of β-amino-alcohol motifs (C(OH)–C–C–N with tert-alkyl or cyclic N) is 1. The fraction of sp³-hybridized carbons (Fsp3) is 0.611. The van der Waals surface area contributed by atoms with Gasteiger partial charge in [0.05, 0.1) is 6.61 Å².